The van der Waals surface area contributed by atoms with E-state index in [1.165, 1.54) is 25.3 Å². The molecule has 1 atom stereocenters. The zero-order chi connectivity index (χ0) is 11.6. The van der Waals surface area contributed by atoms with Gasteiger partial charge in [0.05, 0.1) is 9.95 Å². The Hall–Kier alpha value is -0.190. The molecule has 0 N–H and O–H groups in total. The number of nitrogens with zero attached hydrogens (tertiary/aromatic N) is 1. The molecule has 0 fully saturated rings. The molecule has 82 valence electrons. The Bertz CT molecular complexity index is 454. The molecule has 0 saturated carbocycles. The summed E-state index contributed by atoms with van der Waals surface area (Å²) in [6.07, 6.45) is 0. The summed E-state index contributed by atoms with van der Waals surface area (Å²) >= 11 is 16.8. The predicted octanol–water partition coefficient (Wildman–Crippen LogP) is 3.07. The monoisotopic (exact) mass is 285 g/mol. The lowest BCUT2D eigenvalue weighted by Crippen LogP contribution is -2.04. The summed E-state index contributed by atoms with van der Waals surface area (Å²) in [4.78, 5) is 9.91. The topological polar surface area (TPSA) is 52.4 Å². The summed E-state index contributed by atoms with van der Waals surface area (Å²) in [6, 6.07) is 3.93. The van der Waals surface area contributed by atoms with E-state index in [0.717, 1.165) is 0 Å². The molecule has 0 aliphatic rings. The van der Waals surface area contributed by atoms with Gasteiger partial charge in [-0.05, 0) is 17.9 Å². The molecule has 8 heteroatoms. The second-order valence-corrected chi connectivity index (χ2v) is 8.34. The smallest absolute Gasteiger partial charge is 0.270 e. The lowest BCUT2D eigenvalue weighted by atomic mass is 10.3. The molecule has 0 aliphatic heterocycles. The minimum Gasteiger partial charge on any atom is -0.338 e. The average Bonchev–Trinajstić information content (AvgIpc) is 2.17. The highest BCUT2D eigenvalue weighted by Gasteiger charge is 2.21. The van der Waals surface area contributed by atoms with Crippen molar-refractivity contribution in [1.29, 1.82) is 0 Å². The highest BCUT2D eigenvalue weighted by atomic mass is 35.7. The molecule has 0 spiro atoms. The first-order valence-corrected chi connectivity index (χ1v) is 7.68. The summed E-state index contributed by atoms with van der Waals surface area (Å²) in [5, 5.41) is 11.0. The number of non-ortho nitro benzene ring substituents is 1. The molecule has 0 amide bonds. The van der Waals surface area contributed by atoms with Gasteiger partial charge in [-0.25, -0.2) is 0 Å². The van der Waals surface area contributed by atoms with Crippen LogP contribution in [0.3, 0.4) is 0 Å². The van der Waals surface area contributed by atoms with Crippen molar-refractivity contribution >= 4 is 51.3 Å². The van der Waals surface area contributed by atoms with Crippen molar-refractivity contribution in [3.05, 3.63) is 33.3 Å². The quantitative estimate of drug-likeness (QED) is 0.487. The number of hydrogen-bond donors (Lipinski definition) is 0. The van der Waals surface area contributed by atoms with Crippen LogP contribution in [0.4, 0.5) is 5.69 Å². The third-order valence-corrected chi connectivity index (χ3v) is 5.54. The Labute approximate surface area is 101 Å². The van der Waals surface area contributed by atoms with Crippen LogP contribution in [-0.2, 0) is 16.3 Å². The maximum Gasteiger partial charge on any atom is 0.270 e. The molecule has 0 aliphatic carbocycles. The number of nitro benzene ring substituents is 1. The number of hydrogen-bond acceptors (Lipinski definition) is 4. The fraction of sp³-hybridized carbons (Fsp3) is 0.143. The third kappa shape index (κ3) is 2.89. The summed E-state index contributed by atoms with van der Waals surface area (Å²) in [5.41, 5.74) is -2.77. The lowest BCUT2D eigenvalue weighted by molar-refractivity contribution is -0.384. The van der Waals surface area contributed by atoms with E-state index in [-0.39, 0.29) is 10.7 Å². The van der Waals surface area contributed by atoms with Crippen molar-refractivity contribution < 1.29 is 9.45 Å². The molecule has 1 unspecified atom stereocenters. The Morgan fingerprint density at radius 3 is 2.60 bits per heavy atom. The van der Waals surface area contributed by atoms with E-state index in [2.05, 4.69) is 0 Å². The Morgan fingerprint density at radius 2 is 2.20 bits per heavy atom. The first-order chi connectivity index (χ1) is 6.88. The molecule has 0 heterocycles. The van der Waals surface area contributed by atoms with Crippen molar-refractivity contribution in [2.24, 2.45) is 0 Å². The van der Waals surface area contributed by atoms with Gasteiger partial charge in [-0.15, -0.1) is 0 Å². The van der Waals surface area contributed by atoms with Crippen molar-refractivity contribution in [1.82, 2.24) is 0 Å². The van der Waals surface area contributed by atoms with Gasteiger partial charge >= 0.3 is 0 Å². The van der Waals surface area contributed by atoms with E-state index in [4.69, 9.17) is 39.2 Å². The molecular formula is C7H6Cl2NO3PS. The van der Waals surface area contributed by atoms with Crippen LogP contribution in [0.2, 0.25) is 5.02 Å². The van der Waals surface area contributed by atoms with Crippen LogP contribution in [0.25, 0.3) is 0 Å². The Balaban J connectivity index is 3.26. The van der Waals surface area contributed by atoms with E-state index in [0.29, 0.717) is 5.30 Å². The summed E-state index contributed by atoms with van der Waals surface area (Å²) in [5.74, 6) is 0. The van der Waals surface area contributed by atoms with Gasteiger partial charge < -0.3 is 4.52 Å². The van der Waals surface area contributed by atoms with E-state index in [1.54, 1.807) is 0 Å². The van der Waals surface area contributed by atoms with Crippen LogP contribution >= 0.6 is 28.5 Å². The minimum absolute atomic E-state index is 0.105. The second-order valence-electron chi connectivity index (χ2n) is 2.56. The van der Waals surface area contributed by atoms with Crippen molar-refractivity contribution in [2.45, 2.75) is 0 Å². The van der Waals surface area contributed by atoms with Crippen molar-refractivity contribution in [3.63, 3.8) is 0 Å². The van der Waals surface area contributed by atoms with E-state index < -0.39 is 10.5 Å². The highest BCUT2D eigenvalue weighted by molar-refractivity contribution is 8.28. The molecule has 1 rings (SSSR count). The number of halogens is 2. The van der Waals surface area contributed by atoms with Gasteiger partial charge in [-0.1, -0.05) is 22.8 Å². The predicted molar refractivity (Wildman–Crippen MR) is 64.9 cm³/mol. The standard InChI is InChI=1S/C7H6Cl2NO3PS/c1-13-14(9,15)7-3-2-5(10(11)12)4-6(7)8/h2-4H,1H3. The zero-order valence-electron chi connectivity index (χ0n) is 7.52. The van der Waals surface area contributed by atoms with E-state index >= 15 is 0 Å². The third-order valence-electron chi connectivity index (χ3n) is 1.66. The molecule has 15 heavy (non-hydrogen) atoms. The molecule has 0 radical (unpaired) electrons. The first-order valence-electron chi connectivity index (χ1n) is 3.68. The van der Waals surface area contributed by atoms with E-state index in [1.807, 2.05) is 0 Å². The van der Waals surface area contributed by atoms with Crippen LogP contribution in [0.15, 0.2) is 18.2 Å². The molecule has 1 aromatic rings. The Morgan fingerprint density at radius 1 is 1.60 bits per heavy atom. The zero-order valence-corrected chi connectivity index (χ0v) is 10.7. The SMILES string of the molecule is COP(=S)(Cl)c1ccc([N+](=O)[O-])cc1Cl. The van der Waals surface area contributed by atoms with Gasteiger partial charge in [-0.3, -0.25) is 10.1 Å². The summed E-state index contributed by atoms with van der Waals surface area (Å²) in [7, 11) is 1.38. The van der Waals surface area contributed by atoms with Gasteiger partial charge in [0.25, 0.3) is 5.69 Å². The van der Waals surface area contributed by atoms with Crippen molar-refractivity contribution in [2.75, 3.05) is 7.11 Å². The summed E-state index contributed by atoms with van der Waals surface area (Å²) < 4.78 is 4.94. The molecule has 0 bridgehead atoms. The maximum absolute atomic E-state index is 10.4. The second kappa shape index (κ2) is 4.76. The maximum atomic E-state index is 10.4. The largest absolute Gasteiger partial charge is 0.338 e. The fourth-order valence-electron chi connectivity index (χ4n) is 0.924. The fourth-order valence-corrected chi connectivity index (χ4v) is 3.43. The lowest BCUT2D eigenvalue weighted by Gasteiger charge is -2.13. The van der Waals surface area contributed by atoms with E-state index in [9.17, 15) is 10.1 Å². The van der Waals surface area contributed by atoms with Gasteiger partial charge in [0.15, 0.2) is 5.62 Å². The van der Waals surface area contributed by atoms with Gasteiger partial charge in [0, 0.05) is 24.5 Å². The number of benzene rings is 1. The molecule has 4 nitrogen and oxygen atoms in total. The van der Waals surface area contributed by atoms with Crippen LogP contribution in [0.5, 0.6) is 0 Å². The first kappa shape index (κ1) is 12.9. The van der Waals surface area contributed by atoms with Gasteiger partial charge in [-0.2, -0.15) is 0 Å². The Kier molecular flexibility index (Phi) is 4.09. The van der Waals surface area contributed by atoms with Gasteiger partial charge in [0.1, 0.15) is 0 Å². The number of nitro groups is 1. The molecule has 0 aromatic heterocycles. The normalized spacial score (nSPS) is 14.6. The number of rotatable bonds is 3. The van der Waals surface area contributed by atoms with Crippen LogP contribution in [0.1, 0.15) is 0 Å². The van der Waals surface area contributed by atoms with Crippen LogP contribution < -0.4 is 5.30 Å². The minimum atomic E-state index is -2.66. The highest BCUT2D eigenvalue weighted by Crippen LogP contribution is 2.52. The molecule has 0 saturated heterocycles. The van der Waals surface area contributed by atoms with Crippen LogP contribution in [0, 0.1) is 10.1 Å². The average molecular weight is 286 g/mol. The van der Waals surface area contributed by atoms with Gasteiger partial charge in [0.2, 0.25) is 0 Å². The molecule has 1 aromatic carbocycles. The van der Waals surface area contributed by atoms with Crippen molar-refractivity contribution in [3.8, 4) is 0 Å². The van der Waals surface area contributed by atoms with Crippen LogP contribution in [-0.4, -0.2) is 12.0 Å². The summed E-state index contributed by atoms with van der Waals surface area (Å²) in [6.45, 7) is 0. The molecular weight excluding hydrogens is 280 g/mol.